The quantitative estimate of drug-likeness (QED) is 0.370. The number of urea groups is 1. The number of rotatable bonds is 7. The lowest BCUT2D eigenvalue weighted by atomic mass is 10.0. The molecule has 1 aliphatic heterocycles. The number of nitrogens with zero attached hydrogens (tertiary/aromatic N) is 2. The lowest BCUT2D eigenvalue weighted by molar-refractivity contribution is -0.154. The minimum atomic E-state index is -0.827. The van der Waals surface area contributed by atoms with Crippen molar-refractivity contribution in [2.45, 2.75) is 77.5 Å². The fraction of sp³-hybridized carbons (Fsp3) is 0.824. The van der Waals surface area contributed by atoms with E-state index in [9.17, 15) is 14.4 Å². The van der Waals surface area contributed by atoms with Crippen LogP contribution in [0.2, 0.25) is 0 Å². The molecule has 1 fully saturated rings. The average molecular weight is 405 g/mol. The Labute approximate surface area is 153 Å². The van der Waals surface area contributed by atoms with Gasteiger partial charge in [0.25, 0.3) is 5.91 Å². The summed E-state index contributed by atoms with van der Waals surface area (Å²) in [6.45, 7) is 8.99. The summed E-state index contributed by atoms with van der Waals surface area (Å²) in [6, 6.07) is -0.482. The smallest absolute Gasteiger partial charge is 0.327 e. The van der Waals surface area contributed by atoms with E-state index in [1.54, 1.807) is 20.9 Å². The van der Waals surface area contributed by atoms with Crippen LogP contribution in [0.15, 0.2) is 0 Å². The molecule has 1 unspecified atom stereocenters. The number of ether oxygens (including phenoxy) is 1. The van der Waals surface area contributed by atoms with E-state index in [0.29, 0.717) is 24.6 Å². The Morgan fingerprint density at radius 1 is 1.25 bits per heavy atom. The number of carbonyl (C=O) groups excluding carboxylic acids is 3. The van der Waals surface area contributed by atoms with Gasteiger partial charge in [0.2, 0.25) is 0 Å². The maximum absolute atomic E-state index is 12.6. The van der Waals surface area contributed by atoms with Gasteiger partial charge < -0.3 is 9.64 Å². The standard InChI is InChI=1S/C17H29BrN2O4/c1-16(2,3)24-13(21)9-7-8-12(10-11-18)20-14(22)17(4,5)19(6)15(20)23/h12H,7-11H2,1-6H3. The second-order valence-electron chi connectivity index (χ2n) is 7.69. The van der Waals surface area contributed by atoms with Gasteiger partial charge in [-0.1, -0.05) is 15.9 Å². The minimum Gasteiger partial charge on any atom is -0.460 e. The molecule has 138 valence electrons. The van der Waals surface area contributed by atoms with Gasteiger partial charge in [0.05, 0.1) is 0 Å². The largest absolute Gasteiger partial charge is 0.460 e. The average Bonchev–Trinajstić information content (AvgIpc) is 2.57. The summed E-state index contributed by atoms with van der Waals surface area (Å²) in [5.74, 6) is -0.435. The first-order chi connectivity index (χ1) is 10.9. The monoisotopic (exact) mass is 404 g/mol. The predicted octanol–water partition coefficient (Wildman–Crippen LogP) is 3.32. The second kappa shape index (κ2) is 7.85. The molecule has 3 amide bonds. The van der Waals surface area contributed by atoms with E-state index in [1.165, 1.54) is 9.80 Å². The third-order valence-corrected chi connectivity index (χ3v) is 4.68. The van der Waals surface area contributed by atoms with Gasteiger partial charge in [0.15, 0.2) is 0 Å². The SMILES string of the molecule is CN1C(=O)N(C(CCBr)CCCC(=O)OC(C)(C)C)C(=O)C1(C)C. The molecule has 1 heterocycles. The van der Waals surface area contributed by atoms with Gasteiger partial charge in [-0.25, -0.2) is 4.79 Å². The molecule has 1 atom stereocenters. The van der Waals surface area contributed by atoms with Gasteiger partial charge in [0.1, 0.15) is 11.1 Å². The van der Waals surface area contributed by atoms with Crippen LogP contribution in [0.4, 0.5) is 4.79 Å². The molecule has 0 aromatic rings. The van der Waals surface area contributed by atoms with Crippen molar-refractivity contribution in [1.82, 2.24) is 9.80 Å². The van der Waals surface area contributed by atoms with Crippen LogP contribution in [-0.2, 0) is 14.3 Å². The lowest BCUT2D eigenvalue weighted by Crippen LogP contribution is -2.43. The van der Waals surface area contributed by atoms with Crippen molar-refractivity contribution < 1.29 is 19.1 Å². The fourth-order valence-corrected chi connectivity index (χ4v) is 3.18. The van der Waals surface area contributed by atoms with Crippen LogP contribution < -0.4 is 0 Å². The molecule has 0 saturated carbocycles. The van der Waals surface area contributed by atoms with E-state index in [2.05, 4.69) is 15.9 Å². The Hall–Kier alpha value is -1.11. The number of hydrogen-bond donors (Lipinski definition) is 0. The van der Waals surface area contributed by atoms with Gasteiger partial charge in [-0.15, -0.1) is 0 Å². The topological polar surface area (TPSA) is 66.9 Å². The number of imide groups is 1. The highest BCUT2D eigenvalue weighted by molar-refractivity contribution is 9.09. The molecule has 0 aliphatic carbocycles. The summed E-state index contributed by atoms with van der Waals surface area (Å²) in [4.78, 5) is 39.7. The van der Waals surface area contributed by atoms with Crippen molar-refractivity contribution in [1.29, 1.82) is 0 Å². The van der Waals surface area contributed by atoms with Crippen molar-refractivity contribution in [2.24, 2.45) is 0 Å². The van der Waals surface area contributed by atoms with E-state index >= 15 is 0 Å². The highest BCUT2D eigenvalue weighted by Gasteiger charge is 2.51. The van der Waals surface area contributed by atoms with Gasteiger partial charge >= 0.3 is 12.0 Å². The Bertz CT molecular complexity index is 499. The summed E-state index contributed by atoms with van der Waals surface area (Å²) < 4.78 is 5.29. The fourth-order valence-electron chi connectivity index (χ4n) is 2.65. The molecule has 0 bridgehead atoms. The van der Waals surface area contributed by atoms with Crippen LogP contribution in [0.1, 0.15) is 60.3 Å². The van der Waals surface area contributed by atoms with Crippen molar-refractivity contribution in [3.05, 3.63) is 0 Å². The molecule has 1 saturated heterocycles. The molecule has 24 heavy (non-hydrogen) atoms. The van der Waals surface area contributed by atoms with Crippen LogP contribution in [0.3, 0.4) is 0 Å². The first kappa shape index (κ1) is 20.9. The molecule has 1 rings (SSSR count). The minimum absolute atomic E-state index is 0.182. The molecule has 7 heteroatoms. The highest BCUT2D eigenvalue weighted by Crippen LogP contribution is 2.30. The Morgan fingerprint density at radius 3 is 2.25 bits per heavy atom. The van der Waals surface area contributed by atoms with E-state index in [0.717, 1.165) is 0 Å². The van der Waals surface area contributed by atoms with E-state index in [-0.39, 0.29) is 30.4 Å². The molecule has 1 aliphatic rings. The maximum Gasteiger partial charge on any atom is 0.327 e. The first-order valence-electron chi connectivity index (χ1n) is 8.31. The number of hydrogen-bond acceptors (Lipinski definition) is 4. The van der Waals surface area contributed by atoms with Crippen LogP contribution in [-0.4, -0.2) is 57.3 Å². The molecule has 6 nitrogen and oxygen atoms in total. The predicted molar refractivity (Wildman–Crippen MR) is 96.0 cm³/mol. The molecule has 0 aromatic carbocycles. The zero-order valence-corrected chi connectivity index (χ0v) is 17.1. The summed E-state index contributed by atoms with van der Waals surface area (Å²) in [5.41, 5.74) is -1.33. The summed E-state index contributed by atoms with van der Waals surface area (Å²) in [7, 11) is 1.64. The molecule has 0 radical (unpaired) electrons. The normalized spacial score (nSPS) is 19.0. The lowest BCUT2D eigenvalue weighted by Gasteiger charge is -2.26. The van der Waals surface area contributed by atoms with Crippen molar-refractivity contribution in [3.8, 4) is 0 Å². The van der Waals surface area contributed by atoms with Crippen LogP contribution in [0, 0.1) is 0 Å². The molecular formula is C17H29BrN2O4. The summed E-state index contributed by atoms with van der Waals surface area (Å²) >= 11 is 3.39. The third-order valence-electron chi connectivity index (χ3n) is 4.22. The second-order valence-corrected chi connectivity index (χ2v) is 8.48. The van der Waals surface area contributed by atoms with Gasteiger partial charge in [-0.05, 0) is 53.9 Å². The molecular weight excluding hydrogens is 376 g/mol. The number of alkyl halides is 1. The zero-order chi connectivity index (χ0) is 18.7. The van der Waals surface area contributed by atoms with Gasteiger partial charge in [0, 0.05) is 24.8 Å². The van der Waals surface area contributed by atoms with Gasteiger partial charge in [-0.2, -0.15) is 0 Å². The zero-order valence-electron chi connectivity index (χ0n) is 15.5. The Morgan fingerprint density at radius 2 is 1.83 bits per heavy atom. The first-order valence-corrected chi connectivity index (χ1v) is 9.43. The molecule has 0 spiro atoms. The number of carbonyl (C=O) groups is 3. The Kier molecular flexibility index (Phi) is 6.84. The van der Waals surface area contributed by atoms with Crippen LogP contribution in [0.25, 0.3) is 0 Å². The maximum atomic E-state index is 12.6. The Balaban J connectivity index is 2.70. The summed E-state index contributed by atoms with van der Waals surface area (Å²) in [6.07, 6.45) is 2.11. The van der Waals surface area contributed by atoms with Crippen molar-refractivity contribution >= 4 is 33.8 Å². The number of amides is 3. The van der Waals surface area contributed by atoms with Gasteiger partial charge in [-0.3, -0.25) is 14.5 Å². The van der Waals surface area contributed by atoms with Crippen molar-refractivity contribution in [3.63, 3.8) is 0 Å². The summed E-state index contributed by atoms with van der Waals surface area (Å²) in [5, 5.41) is 0.686. The number of esters is 1. The molecule has 0 N–H and O–H groups in total. The number of likely N-dealkylation sites (N-methyl/N-ethyl adjacent to an activating group) is 1. The van der Waals surface area contributed by atoms with E-state index < -0.39 is 11.1 Å². The van der Waals surface area contributed by atoms with Crippen molar-refractivity contribution in [2.75, 3.05) is 12.4 Å². The van der Waals surface area contributed by atoms with Crippen LogP contribution >= 0.6 is 15.9 Å². The van der Waals surface area contributed by atoms with E-state index in [4.69, 9.17) is 4.74 Å². The highest BCUT2D eigenvalue weighted by atomic mass is 79.9. The number of halogens is 1. The van der Waals surface area contributed by atoms with E-state index in [1.807, 2.05) is 20.8 Å². The van der Waals surface area contributed by atoms with Crippen LogP contribution in [0.5, 0.6) is 0 Å². The third kappa shape index (κ3) is 4.94. The molecule has 0 aromatic heterocycles.